The summed E-state index contributed by atoms with van der Waals surface area (Å²) >= 11 is 0. The van der Waals surface area contributed by atoms with Crippen molar-refractivity contribution in [1.29, 1.82) is 0 Å². The first kappa shape index (κ1) is 15.8. The van der Waals surface area contributed by atoms with Crippen molar-refractivity contribution in [1.82, 2.24) is 14.4 Å². The monoisotopic (exact) mass is 337 g/mol. The lowest BCUT2D eigenvalue weighted by Gasteiger charge is -2.09. The van der Waals surface area contributed by atoms with Crippen molar-refractivity contribution < 1.29 is 23.1 Å². The molecule has 0 saturated heterocycles. The highest BCUT2D eigenvalue weighted by molar-refractivity contribution is 5.86. The molecule has 0 atom stereocenters. The minimum absolute atomic E-state index is 0.0107. The van der Waals surface area contributed by atoms with E-state index in [1.165, 1.54) is 16.5 Å². The normalized spacial score (nSPS) is 12.5. The quantitative estimate of drug-likeness (QED) is 0.704. The van der Waals surface area contributed by atoms with Crippen LogP contribution in [0.25, 0.3) is 22.8 Å². The minimum atomic E-state index is -4.53. The molecule has 9 heteroatoms. The van der Waals surface area contributed by atoms with E-state index in [4.69, 9.17) is 5.11 Å². The summed E-state index contributed by atoms with van der Waals surface area (Å²) < 4.78 is 39.8. The van der Waals surface area contributed by atoms with Crippen LogP contribution < -0.4 is 5.56 Å². The lowest BCUT2D eigenvalue weighted by Crippen LogP contribution is -2.12. The Morgan fingerprint density at radius 2 is 2.08 bits per heavy atom. The first-order valence-corrected chi connectivity index (χ1v) is 6.72. The Balaban J connectivity index is 2.34. The maximum absolute atomic E-state index is 12.8. The summed E-state index contributed by atoms with van der Waals surface area (Å²) in [5.41, 5.74) is -0.540. The summed E-state index contributed by atoms with van der Waals surface area (Å²) in [5.74, 6) is -1.18. The number of hydrogen-bond donors (Lipinski definition) is 2. The summed E-state index contributed by atoms with van der Waals surface area (Å²) in [4.78, 5) is 29.1. The second-order valence-corrected chi connectivity index (χ2v) is 5.10. The highest BCUT2D eigenvalue weighted by Gasteiger charge is 2.30. The van der Waals surface area contributed by atoms with Crippen molar-refractivity contribution in [3.05, 3.63) is 51.6 Å². The molecule has 0 unspecified atom stereocenters. The van der Waals surface area contributed by atoms with Gasteiger partial charge in [0.05, 0.1) is 22.3 Å². The number of nitrogens with zero attached hydrogens (tertiary/aromatic N) is 2. The smallest absolute Gasteiger partial charge is 0.416 e. The third kappa shape index (κ3) is 2.53. The van der Waals surface area contributed by atoms with E-state index in [-0.39, 0.29) is 16.9 Å². The predicted octanol–water partition coefficient (Wildman–Crippen LogP) is 2.60. The number of carboxylic acid groups (broad SMARTS) is 1. The molecule has 2 aromatic heterocycles. The van der Waals surface area contributed by atoms with E-state index >= 15 is 0 Å². The van der Waals surface area contributed by atoms with Crippen LogP contribution >= 0.6 is 0 Å². The molecular formula is C15H10F3N3O3. The van der Waals surface area contributed by atoms with Gasteiger partial charge in [0.25, 0.3) is 5.56 Å². The summed E-state index contributed by atoms with van der Waals surface area (Å²) in [6.45, 7) is 1.60. The maximum Gasteiger partial charge on any atom is 0.416 e. The molecule has 1 aromatic carbocycles. The third-order valence-corrected chi connectivity index (χ3v) is 3.54. The number of fused-ring (bicyclic) bond motifs is 3. The van der Waals surface area contributed by atoms with E-state index < -0.39 is 23.3 Å². The van der Waals surface area contributed by atoms with Gasteiger partial charge < -0.3 is 10.1 Å². The lowest BCUT2D eigenvalue weighted by molar-refractivity contribution is -0.137. The standard InChI is InChI=1S/C15H10F3N3O3/c1-7-9(3-5-12(22)23)19-13-14(24)20-10-6-8(15(16,17)18)2-4-11(10)21(7)13/h2-6H,1H3,(H,20,24)(H,22,23). The van der Waals surface area contributed by atoms with Crippen molar-refractivity contribution in [2.24, 2.45) is 0 Å². The van der Waals surface area contributed by atoms with Gasteiger partial charge in [-0.15, -0.1) is 0 Å². The average Bonchev–Trinajstić information content (AvgIpc) is 2.82. The van der Waals surface area contributed by atoms with Gasteiger partial charge in [0.2, 0.25) is 5.65 Å². The fourth-order valence-electron chi connectivity index (χ4n) is 2.46. The van der Waals surface area contributed by atoms with Gasteiger partial charge in [-0.1, -0.05) is 0 Å². The number of halogens is 3. The molecule has 0 aliphatic rings. The number of alkyl halides is 3. The van der Waals surface area contributed by atoms with Gasteiger partial charge in [-0.05, 0) is 31.2 Å². The zero-order chi connectivity index (χ0) is 17.6. The van der Waals surface area contributed by atoms with Crippen LogP contribution in [0.5, 0.6) is 0 Å². The van der Waals surface area contributed by atoms with Crippen molar-refractivity contribution in [3.63, 3.8) is 0 Å². The molecule has 3 aromatic rings. The zero-order valence-electron chi connectivity index (χ0n) is 12.2. The number of aryl methyl sites for hydroxylation is 1. The largest absolute Gasteiger partial charge is 0.478 e. The van der Waals surface area contributed by atoms with Crippen LogP contribution in [-0.4, -0.2) is 25.4 Å². The van der Waals surface area contributed by atoms with Crippen LogP contribution in [0.15, 0.2) is 29.1 Å². The summed E-state index contributed by atoms with van der Waals surface area (Å²) in [6, 6.07) is 3.00. The van der Waals surface area contributed by atoms with E-state index in [0.717, 1.165) is 18.2 Å². The van der Waals surface area contributed by atoms with E-state index in [1.54, 1.807) is 6.92 Å². The fraction of sp³-hybridized carbons (Fsp3) is 0.133. The molecule has 0 radical (unpaired) electrons. The zero-order valence-corrected chi connectivity index (χ0v) is 12.2. The van der Waals surface area contributed by atoms with Gasteiger partial charge in [0.1, 0.15) is 0 Å². The van der Waals surface area contributed by atoms with Crippen molar-refractivity contribution in [2.45, 2.75) is 13.1 Å². The molecule has 0 aliphatic heterocycles. The molecule has 6 nitrogen and oxygen atoms in total. The molecule has 124 valence electrons. The van der Waals surface area contributed by atoms with Crippen LogP contribution in [0, 0.1) is 6.92 Å². The van der Waals surface area contributed by atoms with Gasteiger partial charge in [-0.2, -0.15) is 13.2 Å². The molecule has 0 bridgehead atoms. The third-order valence-electron chi connectivity index (χ3n) is 3.54. The summed E-state index contributed by atoms with van der Waals surface area (Å²) in [7, 11) is 0. The molecule has 0 aliphatic carbocycles. The van der Waals surface area contributed by atoms with Crippen LogP contribution in [0.1, 0.15) is 17.0 Å². The number of carbonyl (C=O) groups is 1. The van der Waals surface area contributed by atoms with Gasteiger partial charge in [-0.3, -0.25) is 9.20 Å². The number of benzene rings is 1. The number of aliphatic carboxylic acids is 1. The number of imidazole rings is 1. The number of aromatic nitrogens is 3. The lowest BCUT2D eigenvalue weighted by atomic mass is 10.2. The highest BCUT2D eigenvalue weighted by Crippen LogP contribution is 2.31. The molecule has 0 spiro atoms. The molecule has 2 heterocycles. The molecule has 24 heavy (non-hydrogen) atoms. The Kier molecular flexibility index (Phi) is 3.43. The van der Waals surface area contributed by atoms with E-state index in [9.17, 15) is 22.8 Å². The van der Waals surface area contributed by atoms with Crippen LogP contribution in [0.2, 0.25) is 0 Å². The molecule has 0 amide bonds. The predicted molar refractivity (Wildman–Crippen MR) is 79.7 cm³/mol. The molecule has 3 rings (SSSR count). The summed E-state index contributed by atoms with van der Waals surface area (Å²) in [6.07, 6.45) is -2.44. The molecule has 2 N–H and O–H groups in total. The number of aromatic amines is 1. The number of carboxylic acids is 1. The Morgan fingerprint density at radius 1 is 1.38 bits per heavy atom. The number of hydrogen-bond acceptors (Lipinski definition) is 3. The SMILES string of the molecule is Cc1c(C=CC(=O)O)nc2c(=O)[nH]c3cc(C(F)(F)F)ccc3n12. The van der Waals surface area contributed by atoms with E-state index in [2.05, 4.69) is 9.97 Å². The second-order valence-electron chi connectivity index (χ2n) is 5.10. The Hall–Kier alpha value is -3.10. The highest BCUT2D eigenvalue weighted by atomic mass is 19.4. The fourth-order valence-corrected chi connectivity index (χ4v) is 2.46. The molecule has 0 fully saturated rings. The van der Waals surface area contributed by atoms with Gasteiger partial charge in [0.15, 0.2) is 0 Å². The van der Waals surface area contributed by atoms with Crippen LogP contribution in [-0.2, 0) is 11.0 Å². The summed E-state index contributed by atoms with van der Waals surface area (Å²) in [5, 5.41) is 8.68. The van der Waals surface area contributed by atoms with Gasteiger partial charge >= 0.3 is 12.1 Å². The minimum Gasteiger partial charge on any atom is -0.478 e. The second kappa shape index (κ2) is 5.22. The first-order valence-electron chi connectivity index (χ1n) is 6.72. The number of nitrogens with one attached hydrogen (secondary N) is 1. The van der Waals surface area contributed by atoms with Gasteiger partial charge in [0, 0.05) is 11.8 Å². The van der Waals surface area contributed by atoms with Crippen LogP contribution in [0.3, 0.4) is 0 Å². The number of H-pyrrole nitrogens is 1. The molecular weight excluding hydrogens is 327 g/mol. The Bertz CT molecular complexity index is 1060. The maximum atomic E-state index is 12.8. The topological polar surface area (TPSA) is 87.5 Å². The van der Waals surface area contributed by atoms with Crippen molar-refractivity contribution in [2.75, 3.05) is 0 Å². The van der Waals surface area contributed by atoms with Gasteiger partial charge in [-0.25, -0.2) is 9.78 Å². The molecule has 0 saturated carbocycles. The van der Waals surface area contributed by atoms with E-state index in [0.29, 0.717) is 11.2 Å². The van der Waals surface area contributed by atoms with Crippen molar-refractivity contribution >= 4 is 28.7 Å². The first-order chi connectivity index (χ1) is 11.2. The van der Waals surface area contributed by atoms with Crippen molar-refractivity contribution in [3.8, 4) is 0 Å². The van der Waals surface area contributed by atoms with E-state index in [1.807, 2.05) is 0 Å². The average molecular weight is 337 g/mol. The Morgan fingerprint density at radius 3 is 2.71 bits per heavy atom. The Labute approximate surface area is 131 Å². The van der Waals surface area contributed by atoms with Crippen LogP contribution in [0.4, 0.5) is 13.2 Å². The number of rotatable bonds is 2.